The largest absolute Gasteiger partial charge is 0.488 e. The molecular formula is C27H26FN3O3. The van der Waals surface area contributed by atoms with Crippen LogP contribution in [0.25, 0.3) is 10.8 Å². The van der Waals surface area contributed by atoms with Gasteiger partial charge in [-0.05, 0) is 48.9 Å². The summed E-state index contributed by atoms with van der Waals surface area (Å²) in [6.07, 6.45) is 0. The zero-order valence-corrected chi connectivity index (χ0v) is 19.3. The van der Waals surface area contributed by atoms with Crippen molar-refractivity contribution < 1.29 is 18.4 Å². The minimum Gasteiger partial charge on any atom is -0.488 e. The average molecular weight is 460 g/mol. The number of piperazine rings is 1. The van der Waals surface area contributed by atoms with Gasteiger partial charge < -0.3 is 19.1 Å². The summed E-state index contributed by atoms with van der Waals surface area (Å²) in [6, 6.07) is 18.5. The summed E-state index contributed by atoms with van der Waals surface area (Å²) in [5.41, 5.74) is 2.74. The van der Waals surface area contributed by atoms with Gasteiger partial charge in [0.1, 0.15) is 23.9 Å². The van der Waals surface area contributed by atoms with Crippen molar-refractivity contribution in [3.05, 3.63) is 89.1 Å². The number of aromatic nitrogens is 1. The van der Waals surface area contributed by atoms with Gasteiger partial charge in [-0.2, -0.15) is 0 Å². The second-order valence-corrected chi connectivity index (χ2v) is 8.52. The minimum absolute atomic E-state index is 0.0901. The number of nitrogens with zero attached hydrogens (tertiary/aromatic N) is 3. The van der Waals surface area contributed by atoms with Crippen molar-refractivity contribution in [2.45, 2.75) is 20.5 Å². The summed E-state index contributed by atoms with van der Waals surface area (Å²) in [6.45, 7) is 6.12. The molecule has 6 nitrogen and oxygen atoms in total. The zero-order chi connectivity index (χ0) is 23.7. The lowest BCUT2D eigenvalue weighted by Gasteiger charge is -2.36. The fourth-order valence-electron chi connectivity index (χ4n) is 4.39. The first-order chi connectivity index (χ1) is 16.5. The third kappa shape index (κ3) is 4.21. The van der Waals surface area contributed by atoms with E-state index in [1.54, 1.807) is 12.1 Å². The number of fused-ring (bicyclic) bond motifs is 1. The molecule has 1 saturated heterocycles. The van der Waals surface area contributed by atoms with Gasteiger partial charge in [0.15, 0.2) is 0 Å². The number of carbonyl (C=O) groups is 1. The number of para-hydroxylation sites is 1. The van der Waals surface area contributed by atoms with Crippen LogP contribution in [0.5, 0.6) is 5.75 Å². The highest BCUT2D eigenvalue weighted by molar-refractivity contribution is 6.01. The number of rotatable bonds is 5. The first-order valence-electron chi connectivity index (χ1n) is 11.4. The number of hydrogen-bond donors (Lipinski definition) is 0. The molecule has 0 spiro atoms. The maximum atomic E-state index is 14.2. The number of amides is 1. The van der Waals surface area contributed by atoms with Crippen LogP contribution in [0.3, 0.4) is 0 Å². The second-order valence-electron chi connectivity index (χ2n) is 8.52. The molecule has 0 radical (unpaired) electrons. The molecular weight excluding hydrogens is 433 g/mol. The van der Waals surface area contributed by atoms with Gasteiger partial charge in [-0.15, -0.1) is 0 Å². The molecule has 4 aromatic rings. The molecule has 5 rings (SSSR count). The lowest BCUT2D eigenvalue weighted by atomic mass is 10.0. The van der Waals surface area contributed by atoms with E-state index < -0.39 is 0 Å². The third-order valence-electron chi connectivity index (χ3n) is 6.39. The van der Waals surface area contributed by atoms with E-state index in [0.717, 1.165) is 22.0 Å². The second kappa shape index (κ2) is 9.17. The van der Waals surface area contributed by atoms with Gasteiger partial charge in [0.2, 0.25) is 0 Å². The van der Waals surface area contributed by atoms with Crippen molar-refractivity contribution in [1.82, 2.24) is 10.1 Å². The molecule has 1 aromatic heterocycles. The SMILES string of the molecule is Cc1noc(C)c1COc1cc2ccccc2cc1C(=O)N1CCN(c2ccccc2F)CC1. The number of ether oxygens (including phenoxy) is 1. The van der Waals surface area contributed by atoms with E-state index in [4.69, 9.17) is 9.26 Å². The van der Waals surface area contributed by atoms with Gasteiger partial charge in [0.25, 0.3) is 5.91 Å². The third-order valence-corrected chi connectivity index (χ3v) is 6.39. The number of halogens is 1. The molecule has 0 unspecified atom stereocenters. The normalized spacial score (nSPS) is 14.0. The number of anilines is 1. The molecule has 0 bridgehead atoms. The molecule has 0 aliphatic carbocycles. The molecule has 174 valence electrons. The topological polar surface area (TPSA) is 58.8 Å². The summed E-state index contributed by atoms with van der Waals surface area (Å²) in [5.74, 6) is 0.898. The predicted octanol–water partition coefficient (Wildman–Crippen LogP) is 5.13. The Morgan fingerprint density at radius 3 is 2.35 bits per heavy atom. The smallest absolute Gasteiger partial charge is 0.257 e. The Hall–Kier alpha value is -3.87. The molecule has 7 heteroatoms. The average Bonchev–Trinajstić information content (AvgIpc) is 3.19. The summed E-state index contributed by atoms with van der Waals surface area (Å²) in [5, 5.41) is 5.96. The lowest BCUT2D eigenvalue weighted by Crippen LogP contribution is -2.49. The van der Waals surface area contributed by atoms with Crippen molar-refractivity contribution in [1.29, 1.82) is 0 Å². The fraction of sp³-hybridized carbons (Fsp3) is 0.259. The van der Waals surface area contributed by atoms with E-state index in [-0.39, 0.29) is 18.3 Å². The van der Waals surface area contributed by atoms with E-state index in [0.29, 0.717) is 48.9 Å². The van der Waals surface area contributed by atoms with E-state index >= 15 is 0 Å². The van der Waals surface area contributed by atoms with Gasteiger partial charge >= 0.3 is 0 Å². The maximum Gasteiger partial charge on any atom is 0.257 e. The van der Waals surface area contributed by atoms with Crippen molar-refractivity contribution >= 4 is 22.4 Å². The van der Waals surface area contributed by atoms with Crippen LogP contribution < -0.4 is 9.64 Å². The fourth-order valence-corrected chi connectivity index (χ4v) is 4.39. The first-order valence-corrected chi connectivity index (χ1v) is 11.4. The van der Waals surface area contributed by atoms with Crippen LogP contribution >= 0.6 is 0 Å². The van der Waals surface area contributed by atoms with E-state index in [1.807, 2.05) is 66.1 Å². The molecule has 3 aromatic carbocycles. The summed E-state index contributed by atoms with van der Waals surface area (Å²) in [7, 11) is 0. The van der Waals surface area contributed by atoms with Crippen molar-refractivity contribution in [2.75, 3.05) is 31.1 Å². The van der Waals surface area contributed by atoms with E-state index in [1.165, 1.54) is 6.07 Å². The van der Waals surface area contributed by atoms with Crippen molar-refractivity contribution in [3.8, 4) is 5.75 Å². The molecule has 1 amide bonds. The van der Waals surface area contributed by atoms with Crippen LogP contribution in [0.15, 0.2) is 65.2 Å². The summed E-state index contributed by atoms with van der Waals surface area (Å²) < 4.78 is 25.6. The molecule has 1 aliphatic rings. The molecule has 0 saturated carbocycles. The van der Waals surface area contributed by atoms with E-state index in [2.05, 4.69) is 5.16 Å². The predicted molar refractivity (Wildman–Crippen MR) is 129 cm³/mol. The number of carbonyl (C=O) groups excluding carboxylic acids is 1. The summed E-state index contributed by atoms with van der Waals surface area (Å²) in [4.78, 5) is 17.4. The van der Waals surface area contributed by atoms with Crippen LogP contribution in [-0.4, -0.2) is 42.1 Å². The number of benzene rings is 3. The Kier molecular flexibility index (Phi) is 5.92. The highest BCUT2D eigenvalue weighted by Crippen LogP contribution is 2.30. The van der Waals surface area contributed by atoms with Crippen LogP contribution in [0.1, 0.15) is 27.4 Å². The van der Waals surface area contributed by atoms with Crippen LogP contribution in [0, 0.1) is 19.7 Å². The molecule has 1 aliphatic heterocycles. The van der Waals surface area contributed by atoms with Gasteiger partial charge in [-0.3, -0.25) is 4.79 Å². The monoisotopic (exact) mass is 459 g/mol. The highest BCUT2D eigenvalue weighted by Gasteiger charge is 2.26. The Morgan fingerprint density at radius 1 is 1.00 bits per heavy atom. The number of aryl methyl sites for hydroxylation is 2. The van der Waals surface area contributed by atoms with Gasteiger partial charge in [-0.1, -0.05) is 41.6 Å². The molecule has 0 N–H and O–H groups in total. The van der Waals surface area contributed by atoms with E-state index in [9.17, 15) is 9.18 Å². The van der Waals surface area contributed by atoms with Gasteiger partial charge in [0.05, 0.1) is 22.5 Å². The van der Waals surface area contributed by atoms with Gasteiger partial charge in [-0.25, -0.2) is 4.39 Å². The zero-order valence-electron chi connectivity index (χ0n) is 19.3. The number of hydrogen-bond acceptors (Lipinski definition) is 5. The van der Waals surface area contributed by atoms with Crippen molar-refractivity contribution in [2.24, 2.45) is 0 Å². The van der Waals surface area contributed by atoms with Crippen LogP contribution in [-0.2, 0) is 6.61 Å². The Balaban J connectivity index is 1.39. The minimum atomic E-state index is -0.244. The molecule has 2 heterocycles. The Bertz CT molecular complexity index is 1320. The highest BCUT2D eigenvalue weighted by atomic mass is 19.1. The first kappa shape index (κ1) is 21.9. The maximum absolute atomic E-state index is 14.2. The van der Waals surface area contributed by atoms with Gasteiger partial charge in [0, 0.05) is 26.2 Å². The van der Waals surface area contributed by atoms with Crippen LogP contribution in [0.2, 0.25) is 0 Å². The molecule has 34 heavy (non-hydrogen) atoms. The van der Waals surface area contributed by atoms with Crippen molar-refractivity contribution in [3.63, 3.8) is 0 Å². The summed E-state index contributed by atoms with van der Waals surface area (Å²) >= 11 is 0. The quantitative estimate of drug-likeness (QED) is 0.414. The standard InChI is InChI=1S/C27H26FN3O3/c1-18-23(19(2)34-29-18)17-33-26-16-21-8-4-3-7-20(21)15-22(26)27(32)31-13-11-30(12-14-31)25-10-6-5-9-24(25)28/h3-10,15-16H,11-14,17H2,1-2H3. The Morgan fingerprint density at radius 2 is 1.68 bits per heavy atom. The molecule has 0 atom stereocenters. The van der Waals surface area contributed by atoms with Crippen LogP contribution in [0.4, 0.5) is 10.1 Å². The Labute approximate surface area is 197 Å². The molecule has 1 fully saturated rings. The lowest BCUT2D eigenvalue weighted by molar-refractivity contribution is 0.0742.